The van der Waals surface area contributed by atoms with E-state index in [1.165, 1.54) is 0 Å². The summed E-state index contributed by atoms with van der Waals surface area (Å²) in [4.78, 5) is 11.9. The molecule has 1 rings (SSSR count). The van der Waals surface area contributed by atoms with Crippen LogP contribution in [0.25, 0.3) is 0 Å². The first-order chi connectivity index (χ1) is 7.52. The minimum Gasteiger partial charge on any atom is -0.459 e. The fourth-order valence-corrected chi connectivity index (χ4v) is 1.70. The summed E-state index contributed by atoms with van der Waals surface area (Å²) in [6.45, 7) is 12.3. The van der Waals surface area contributed by atoms with Crippen LogP contribution in [-0.4, -0.2) is 23.3 Å². The first kappa shape index (κ1) is 14.5. The first-order valence-electron chi connectivity index (χ1n) is 6.34. The Morgan fingerprint density at radius 3 is 2.24 bits per heavy atom. The Balaban J connectivity index is 2.47. The third-order valence-electron chi connectivity index (χ3n) is 4.49. The van der Waals surface area contributed by atoms with Crippen molar-refractivity contribution in [3.8, 4) is 0 Å². The fourth-order valence-electron chi connectivity index (χ4n) is 1.70. The molecule has 0 amide bonds. The van der Waals surface area contributed by atoms with Crippen molar-refractivity contribution in [2.75, 3.05) is 6.61 Å². The Labute approximate surface area is 105 Å². The highest BCUT2D eigenvalue weighted by molar-refractivity contribution is 5.71. The normalized spacial score (nSPS) is 29.0. The monoisotopic (exact) mass is 242 g/mol. The molecule has 1 N–H and O–H groups in total. The Morgan fingerprint density at radius 2 is 1.88 bits per heavy atom. The van der Waals surface area contributed by atoms with Gasteiger partial charge in [-0.2, -0.15) is 0 Å². The number of carbonyl (C=O) groups is 1. The molecule has 0 aliphatic heterocycles. The third-order valence-corrected chi connectivity index (χ3v) is 4.49. The fraction of sp³-hybridized carbons (Fsp3) is 0.929. The van der Waals surface area contributed by atoms with Crippen LogP contribution in [0.5, 0.6) is 0 Å². The number of rotatable bonds is 4. The van der Waals surface area contributed by atoms with Gasteiger partial charge in [-0.25, -0.2) is 0 Å². The summed E-state index contributed by atoms with van der Waals surface area (Å²) >= 11 is 0. The molecule has 17 heavy (non-hydrogen) atoms. The molecule has 2 atom stereocenters. The topological polar surface area (TPSA) is 46.5 Å². The van der Waals surface area contributed by atoms with Gasteiger partial charge in [-0.1, -0.05) is 27.7 Å². The second-order valence-corrected chi connectivity index (χ2v) is 7.15. The maximum atomic E-state index is 11.9. The maximum absolute atomic E-state index is 11.9. The van der Waals surface area contributed by atoms with Crippen LogP contribution in [-0.2, 0) is 9.53 Å². The Bertz CT molecular complexity index is 301. The van der Waals surface area contributed by atoms with Crippen LogP contribution in [0, 0.1) is 16.7 Å². The van der Waals surface area contributed by atoms with Crippen LogP contribution in [0.4, 0.5) is 0 Å². The van der Waals surface area contributed by atoms with Gasteiger partial charge in [-0.3, -0.25) is 4.79 Å². The van der Waals surface area contributed by atoms with Crippen molar-refractivity contribution in [2.24, 2.45) is 16.7 Å². The zero-order chi connectivity index (χ0) is 13.5. The number of hydrogen-bond donors (Lipinski definition) is 1. The molecule has 0 aromatic rings. The van der Waals surface area contributed by atoms with Crippen molar-refractivity contribution < 1.29 is 14.6 Å². The molecule has 0 bridgehead atoms. The van der Waals surface area contributed by atoms with E-state index >= 15 is 0 Å². The molecule has 0 aromatic carbocycles. The van der Waals surface area contributed by atoms with E-state index in [1.54, 1.807) is 0 Å². The van der Waals surface area contributed by atoms with Gasteiger partial charge in [0.15, 0.2) is 0 Å². The standard InChI is InChI=1S/C14H26O3/c1-12(2,3)13(4,5)17-11(16)7-10-8-14(10,6)9-15/h10,15H,7-9H2,1-6H3/t10-,14+/m1/s1. The molecule has 0 unspecified atom stereocenters. The molecular formula is C14H26O3. The number of carbonyl (C=O) groups excluding carboxylic acids is 1. The van der Waals surface area contributed by atoms with Crippen LogP contribution < -0.4 is 0 Å². The summed E-state index contributed by atoms with van der Waals surface area (Å²) in [5.74, 6) is 0.142. The molecule has 0 aromatic heterocycles. The molecule has 1 aliphatic carbocycles. The highest BCUT2D eigenvalue weighted by atomic mass is 16.6. The minimum atomic E-state index is -0.464. The summed E-state index contributed by atoms with van der Waals surface area (Å²) in [6.07, 6.45) is 1.35. The second kappa shape index (κ2) is 4.27. The number of aliphatic hydroxyl groups excluding tert-OH is 1. The van der Waals surface area contributed by atoms with Gasteiger partial charge in [0.2, 0.25) is 0 Å². The van der Waals surface area contributed by atoms with Crippen molar-refractivity contribution in [1.82, 2.24) is 0 Å². The number of hydrogen-bond acceptors (Lipinski definition) is 3. The van der Waals surface area contributed by atoms with Gasteiger partial charge < -0.3 is 9.84 Å². The van der Waals surface area contributed by atoms with Gasteiger partial charge in [0, 0.05) is 18.4 Å². The van der Waals surface area contributed by atoms with Crippen LogP contribution in [0.15, 0.2) is 0 Å². The summed E-state index contributed by atoms with van der Waals surface area (Å²) in [5, 5.41) is 9.16. The molecule has 1 fully saturated rings. The SMILES string of the molecule is CC(C)(C)C(C)(C)OC(=O)C[C@@H]1C[C@@]1(C)CO. The van der Waals surface area contributed by atoms with Crippen LogP contribution >= 0.6 is 0 Å². The lowest BCUT2D eigenvalue weighted by atomic mass is 9.79. The van der Waals surface area contributed by atoms with Gasteiger partial charge in [-0.15, -0.1) is 0 Å². The lowest BCUT2D eigenvalue weighted by Crippen LogP contribution is -2.41. The van der Waals surface area contributed by atoms with E-state index in [9.17, 15) is 4.79 Å². The van der Waals surface area contributed by atoms with Crippen molar-refractivity contribution in [3.05, 3.63) is 0 Å². The average molecular weight is 242 g/mol. The maximum Gasteiger partial charge on any atom is 0.306 e. The average Bonchev–Trinajstić information content (AvgIpc) is 2.74. The zero-order valence-electron chi connectivity index (χ0n) is 12.0. The van der Waals surface area contributed by atoms with E-state index in [0.717, 1.165) is 6.42 Å². The largest absolute Gasteiger partial charge is 0.459 e. The number of aliphatic hydroxyl groups is 1. The number of esters is 1. The molecule has 3 nitrogen and oxygen atoms in total. The lowest BCUT2D eigenvalue weighted by molar-refractivity contribution is -0.167. The third kappa shape index (κ3) is 3.21. The van der Waals surface area contributed by atoms with E-state index in [4.69, 9.17) is 9.84 Å². The van der Waals surface area contributed by atoms with Crippen molar-refractivity contribution in [1.29, 1.82) is 0 Å². The van der Waals surface area contributed by atoms with Gasteiger partial charge in [0.05, 0.1) is 0 Å². The molecule has 0 spiro atoms. The van der Waals surface area contributed by atoms with E-state index < -0.39 is 5.60 Å². The van der Waals surface area contributed by atoms with Crippen molar-refractivity contribution >= 4 is 5.97 Å². The minimum absolute atomic E-state index is 0.0507. The second-order valence-electron chi connectivity index (χ2n) is 7.15. The van der Waals surface area contributed by atoms with Crippen molar-refractivity contribution in [2.45, 2.75) is 60.0 Å². The van der Waals surface area contributed by atoms with Gasteiger partial charge in [0.25, 0.3) is 0 Å². The van der Waals surface area contributed by atoms with E-state index in [2.05, 4.69) is 20.8 Å². The lowest BCUT2D eigenvalue weighted by Gasteiger charge is -2.38. The molecule has 100 valence electrons. The van der Waals surface area contributed by atoms with Crippen LogP contribution in [0.2, 0.25) is 0 Å². The van der Waals surface area contributed by atoms with E-state index in [-0.39, 0.29) is 29.3 Å². The van der Waals surface area contributed by atoms with Gasteiger partial charge in [-0.05, 0) is 31.6 Å². The van der Waals surface area contributed by atoms with Crippen molar-refractivity contribution in [3.63, 3.8) is 0 Å². The molecular weight excluding hydrogens is 216 g/mol. The summed E-state index contributed by atoms with van der Waals surface area (Å²) in [7, 11) is 0. The van der Waals surface area contributed by atoms with Gasteiger partial charge in [0.1, 0.15) is 5.60 Å². The summed E-state index contributed by atoms with van der Waals surface area (Å²) < 4.78 is 5.57. The van der Waals surface area contributed by atoms with Crippen LogP contribution in [0.1, 0.15) is 54.4 Å². The highest BCUT2D eigenvalue weighted by Gasteiger charge is 2.51. The summed E-state index contributed by atoms with van der Waals surface area (Å²) in [5.41, 5.74) is -0.591. The van der Waals surface area contributed by atoms with E-state index in [0.29, 0.717) is 6.42 Å². The highest BCUT2D eigenvalue weighted by Crippen LogP contribution is 2.54. The predicted molar refractivity (Wildman–Crippen MR) is 67.5 cm³/mol. The predicted octanol–water partition coefficient (Wildman–Crippen LogP) is 2.76. The van der Waals surface area contributed by atoms with Crippen LogP contribution in [0.3, 0.4) is 0 Å². The molecule has 1 aliphatic rings. The Morgan fingerprint density at radius 1 is 1.35 bits per heavy atom. The van der Waals surface area contributed by atoms with Gasteiger partial charge >= 0.3 is 5.97 Å². The molecule has 0 saturated heterocycles. The first-order valence-corrected chi connectivity index (χ1v) is 6.34. The molecule has 0 radical (unpaired) electrons. The smallest absolute Gasteiger partial charge is 0.306 e. The quantitative estimate of drug-likeness (QED) is 0.771. The molecule has 0 heterocycles. The zero-order valence-corrected chi connectivity index (χ0v) is 12.0. The molecule has 3 heteroatoms. The Kier molecular flexibility index (Phi) is 3.64. The summed E-state index contributed by atoms with van der Waals surface area (Å²) in [6, 6.07) is 0. The Hall–Kier alpha value is -0.570. The van der Waals surface area contributed by atoms with E-state index in [1.807, 2.05) is 20.8 Å². The number of ether oxygens (including phenoxy) is 1. The molecule has 1 saturated carbocycles.